The molecule has 2 aliphatic heterocycles. The van der Waals surface area contributed by atoms with Gasteiger partial charge >= 0.3 is 0 Å². The molecule has 3 aliphatic rings. The van der Waals surface area contributed by atoms with E-state index >= 15 is 0 Å². The maximum atomic E-state index is 14.3. The molecule has 2 amide bonds. The second-order valence-electron chi connectivity index (χ2n) is 11.5. The van der Waals surface area contributed by atoms with Crippen molar-refractivity contribution in [2.75, 3.05) is 49.6 Å². The molecule has 1 aromatic heterocycles. The maximum absolute atomic E-state index is 14.3. The topological polar surface area (TPSA) is 90.3 Å². The standard InChI is InChI=1S/C33H39N5O4S/c39-30(24-37-23-29(35-32(37)43)25-8-3-1-4-9-25)38(22-28-10-7-19-42-28)33(15-5-2-6-16-33)31(40)34-26-11-13-27(14-12-26)36-17-20-41-21-18-36/h1,3-4,7-14,19,29H,2,5-6,15-18,20-24H2,(H,34,40)(H,35,43)/t29-/m1/s1. The number of anilines is 2. The second-order valence-corrected chi connectivity index (χ2v) is 11.9. The average Bonchev–Trinajstić information content (AvgIpc) is 3.71. The van der Waals surface area contributed by atoms with Gasteiger partial charge in [0.1, 0.15) is 11.3 Å². The van der Waals surface area contributed by atoms with Crippen molar-refractivity contribution in [2.45, 2.75) is 50.2 Å². The highest BCUT2D eigenvalue weighted by molar-refractivity contribution is 7.80. The lowest BCUT2D eigenvalue weighted by Crippen LogP contribution is -2.61. The average molecular weight is 602 g/mol. The number of carbonyl (C=O) groups excluding carboxylic acids is 2. The molecule has 1 aliphatic carbocycles. The summed E-state index contributed by atoms with van der Waals surface area (Å²) < 4.78 is 11.2. The van der Waals surface area contributed by atoms with Crippen LogP contribution in [0.15, 0.2) is 77.4 Å². The van der Waals surface area contributed by atoms with Crippen molar-refractivity contribution >= 4 is 40.5 Å². The summed E-state index contributed by atoms with van der Waals surface area (Å²) in [5.41, 5.74) is 1.94. The fraction of sp³-hybridized carbons (Fsp3) is 0.424. The van der Waals surface area contributed by atoms with Crippen LogP contribution in [0.3, 0.4) is 0 Å². The Morgan fingerprint density at radius 3 is 2.42 bits per heavy atom. The van der Waals surface area contributed by atoms with E-state index in [-0.39, 0.29) is 30.9 Å². The molecule has 2 saturated heterocycles. The number of furan rings is 1. The summed E-state index contributed by atoms with van der Waals surface area (Å²) in [5, 5.41) is 7.08. The molecule has 2 aromatic carbocycles. The third-order valence-corrected chi connectivity index (χ3v) is 9.21. The van der Waals surface area contributed by atoms with Crippen LogP contribution >= 0.6 is 12.2 Å². The zero-order valence-electron chi connectivity index (χ0n) is 24.4. The van der Waals surface area contributed by atoms with Crippen LogP contribution in [0.5, 0.6) is 0 Å². The van der Waals surface area contributed by atoms with E-state index in [9.17, 15) is 9.59 Å². The van der Waals surface area contributed by atoms with Crippen LogP contribution in [0.1, 0.15) is 49.5 Å². The van der Waals surface area contributed by atoms with Crippen LogP contribution in [-0.2, 0) is 20.9 Å². The van der Waals surface area contributed by atoms with Gasteiger partial charge in [-0.2, -0.15) is 0 Å². The van der Waals surface area contributed by atoms with Crippen LogP contribution in [0.25, 0.3) is 0 Å². The van der Waals surface area contributed by atoms with Gasteiger partial charge in [-0.3, -0.25) is 9.59 Å². The predicted octanol–water partition coefficient (Wildman–Crippen LogP) is 4.72. The fourth-order valence-corrected chi connectivity index (χ4v) is 6.75. The van der Waals surface area contributed by atoms with E-state index in [0.29, 0.717) is 49.2 Å². The molecule has 0 radical (unpaired) electrons. The highest BCUT2D eigenvalue weighted by Gasteiger charge is 2.48. The predicted molar refractivity (Wildman–Crippen MR) is 170 cm³/mol. The van der Waals surface area contributed by atoms with Gasteiger partial charge in [0.2, 0.25) is 11.8 Å². The van der Waals surface area contributed by atoms with Crippen molar-refractivity contribution in [1.29, 1.82) is 0 Å². The van der Waals surface area contributed by atoms with Crippen molar-refractivity contribution in [3.8, 4) is 0 Å². The van der Waals surface area contributed by atoms with E-state index in [2.05, 4.69) is 27.7 Å². The molecule has 0 unspecified atom stereocenters. The van der Waals surface area contributed by atoms with Crippen molar-refractivity contribution in [2.24, 2.45) is 0 Å². The van der Waals surface area contributed by atoms with Gasteiger partial charge in [0, 0.05) is 31.0 Å². The van der Waals surface area contributed by atoms with Gasteiger partial charge in [0.25, 0.3) is 0 Å². The number of nitrogens with one attached hydrogen (secondary N) is 2. The van der Waals surface area contributed by atoms with Gasteiger partial charge < -0.3 is 34.5 Å². The molecule has 0 bridgehead atoms. The Kier molecular flexibility index (Phi) is 8.95. The van der Waals surface area contributed by atoms with Gasteiger partial charge in [-0.1, -0.05) is 49.6 Å². The van der Waals surface area contributed by atoms with Crippen LogP contribution < -0.4 is 15.5 Å². The number of morpholine rings is 1. The molecule has 10 heteroatoms. The molecule has 3 heterocycles. The minimum atomic E-state index is -1.00. The number of amides is 2. The maximum Gasteiger partial charge on any atom is 0.250 e. The number of benzene rings is 2. The summed E-state index contributed by atoms with van der Waals surface area (Å²) in [4.78, 5) is 34.5. The van der Waals surface area contributed by atoms with Crippen LogP contribution in [0.4, 0.5) is 11.4 Å². The van der Waals surface area contributed by atoms with E-state index in [1.54, 1.807) is 11.2 Å². The molecule has 43 heavy (non-hydrogen) atoms. The Morgan fingerprint density at radius 1 is 0.977 bits per heavy atom. The van der Waals surface area contributed by atoms with E-state index in [4.69, 9.17) is 21.4 Å². The fourth-order valence-electron chi connectivity index (χ4n) is 6.47. The number of rotatable bonds is 9. The van der Waals surface area contributed by atoms with Gasteiger partial charge in [-0.25, -0.2) is 0 Å². The molecular weight excluding hydrogens is 562 g/mol. The summed E-state index contributed by atoms with van der Waals surface area (Å²) in [7, 11) is 0. The Morgan fingerprint density at radius 2 is 1.72 bits per heavy atom. The van der Waals surface area contributed by atoms with Crippen LogP contribution in [0.2, 0.25) is 0 Å². The van der Waals surface area contributed by atoms with Crippen molar-refractivity contribution in [3.05, 3.63) is 84.3 Å². The van der Waals surface area contributed by atoms with Crippen LogP contribution in [-0.4, -0.2) is 71.7 Å². The lowest BCUT2D eigenvalue weighted by atomic mass is 9.79. The summed E-state index contributed by atoms with van der Waals surface area (Å²) in [5.74, 6) is 0.342. The quantitative estimate of drug-likeness (QED) is 0.341. The van der Waals surface area contributed by atoms with Gasteiger partial charge in [-0.05, 0) is 67.0 Å². The largest absolute Gasteiger partial charge is 0.467 e. The monoisotopic (exact) mass is 601 g/mol. The molecule has 2 N–H and O–H groups in total. The zero-order valence-corrected chi connectivity index (χ0v) is 25.2. The minimum Gasteiger partial charge on any atom is -0.467 e. The third kappa shape index (κ3) is 6.55. The number of hydrogen-bond donors (Lipinski definition) is 2. The second kappa shape index (κ2) is 13.2. The Bertz CT molecular complexity index is 1390. The van der Waals surface area contributed by atoms with E-state index in [1.165, 1.54) is 0 Å². The first-order chi connectivity index (χ1) is 21.0. The third-order valence-electron chi connectivity index (χ3n) is 8.83. The van der Waals surface area contributed by atoms with Gasteiger partial charge in [-0.15, -0.1) is 0 Å². The summed E-state index contributed by atoms with van der Waals surface area (Å²) in [6, 6.07) is 21.7. The smallest absolute Gasteiger partial charge is 0.250 e. The summed E-state index contributed by atoms with van der Waals surface area (Å²) in [6.07, 6.45) is 5.55. The van der Waals surface area contributed by atoms with E-state index < -0.39 is 5.54 Å². The molecule has 226 valence electrons. The first-order valence-electron chi connectivity index (χ1n) is 15.2. The van der Waals surface area contributed by atoms with Crippen molar-refractivity contribution in [1.82, 2.24) is 15.1 Å². The van der Waals surface area contributed by atoms with Crippen molar-refractivity contribution < 1.29 is 18.7 Å². The molecule has 9 nitrogen and oxygen atoms in total. The van der Waals surface area contributed by atoms with E-state index in [1.807, 2.05) is 59.5 Å². The summed E-state index contributed by atoms with van der Waals surface area (Å²) >= 11 is 5.65. The number of ether oxygens (including phenoxy) is 1. The molecule has 1 saturated carbocycles. The lowest BCUT2D eigenvalue weighted by Gasteiger charge is -2.45. The molecule has 3 fully saturated rings. The summed E-state index contributed by atoms with van der Waals surface area (Å²) in [6.45, 7) is 4.00. The van der Waals surface area contributed by atoms with Crippen molar-refractivity contribution in [3.63, 3.8) is 0 Å². The highest BCUT2D eigenvalue weighted by atomic mass is 32.1. The molecular formula is C33H39N5O4S. The normalized spacial score (nSPS) is 20.0. The molecule has 6 rings (SSSR count). The number of hydrogen-bond acceptors (Lipinski definition) is 6. The van der Waals surface area contributed by atoms with Gasteiger partial charge in [0.15, 0.2) is 5.11 Å². The Hall–Kier alpha value is -3.89. The number of nitrogens with zero attached hydrogens (tertiary/aromatic N) is 3. The Balaban J connectivity index is 1.22. The van der Waals surface area contributed by atoms with E-state index in [0.717, 1.165) is 43.6 Å². The van der Waals surface area contributed by atoms with Crippen LogP contribution in [0, 0.1) is 0 Å². The molecule has 0 spiro atoms. The molecule has 3 aromatic rings. The lowest BCUT2D eigenvalue weighted by molar-refractivity contribution is -0.149. The molecule has 1 atom stereocenters. The van der Waals surface area contributed by atoms with Gasteiger partial charge in [0.05, 0.1) is 38.6 Å². The highest BCUT2D eigenvalue weighted by Crippen LogP contribution is 2.37. The SMILES string of the molecule is O=C(CN1C[C@H](c2ccccc2)NC1=S)N(Cc1ccco1)C1(C(=O)Nc2ccc(N3CCOCC3)cc2)CCCCC1. The first-order valence-corrected chi connectivity index (χ1v) is 15.6. The number of thiocarbonyl (C=S) groups is 1. The first kappa shape index (κ1) is 29.2. The minimum absolute atomic E-state index is 0.00685. The zero-order chi connectivity index (χ0) is 29.6. The Labute approximate surface area is 258 Å². The number of carbonyl (C=O) groups is 2.